The van der Waals surface area contributed by atoms with Gasteiger partial charge in [0.2, 0.25) is 5.91 Å². The monoisotopic (exact) mass is 254 g/mol. The van der Waals surface area contributed by atoms with Crippen LogP contribution in [0.1, 0.15) is 37.4 Å². The van der Waals surface area contributed by atoms with Gasteiger partial charge < -0.3 is 10.6 Å². The van der Waals surface area contributed by atoms with Crippen LogP contribution in [-0.2, 0) is 16.8 Å². The highest BCUT2D eigenvalue weighted by atomic mass is 32.1. The van der Waals surface area contributed by atoms with Crippen LogP contribution >= 0.6 is 11.3 Å². The van der Waals surface area contributed by atoms with Crippen LogP contribution in [0.4, 0.5) is 0 Å². The number of carbonyl (C=O) groups is 1. The second-order valence-corrected chi connectivity index (χ2v) is 6.40. The summed E-state index contributed by atoms with van der Waals surface area (Å²) >= 11 is 1.81. The van der Waals surface area contributed by atoms with E-state index in [9.17, 15) is 4.79 Å². The van der Waals surface area contributed by atoms with Gasteiger partial charge in [-0.1, -0.05) is 20.8 Å². The molecule has 1 heterocycles. The van der Waals surface area contributed by atoms with Gasteiger partial charge in [0.25, 0.3) is 0 Å². The molecular formula is C13H22N2OS. The van der Waals surface area contributed by atoms with Crippen LogP contribution in [0.5, 0.6) is 0 Å². The summed E-state index contributed by atoms with van der Waals surface area (Å²) in [5.74, 6) is 0.0256. The molecule has 0 aromatic carbocycles. The minimum Gasteiger partial charge on any atom is -0.358 e. The lowest BCUT2D eigenvalue weighted by atomic mass is 9.95. The summed E-state index contributed by atoms with van der Waals surface area (Å²) in [7, 11) is 1.66. The van der Waals surface area contributed by atoms with Crippen LogP contribution in [0.25, 0.3) is 0 Å². The second-order valence-electron chi connectivity index (χ2n) is 5.23. The largest absolute Gasteiger partial charge is 0.358 e. The molecule has 4 heteroatoms. The number of carbonyl (C=O) groups excluding carboxylic acids is 1. The van der Waals surface area contributed by atoms with E-state index in [-0.39, 0.29) is 17.4 Å². The lowest BCUT2D eigenvalue weighted by Gasteiger charge is -2.15. The maximum Gasteiger partial charge on any atom is 0.236 e. The number of likely N-dealkylation sites (N-methyl/N-ethyl adjacent to an activating group) is 1. The van der Waals surface area contributed by atoms with Crippen molar-refractivity contribution in [2.24, 2.45) is 0 Å². The Balaban J connectivity index is 2.53. The van der Waals surface area contributed by atoms with E-state index < -0.39 is 0 Å². The van der Waals surface area contributed by atoms with Gasteiger partial charge in [-0.05, 0) is 24.5 Å². The first kappa shape index (κ1) is 14.2. The van der Waals surface area contributed by atoms with Gasteiger partial charge in [0.15, 0.2) is 0 Å². The van der Waals surface area contributed by atoms with Gasteiger partial charge in [-0.15, -0.1) is 11.3 Å². The fourth-order valence-corrected chi connectivity index (χ4v) is 2.46. The molecule has 0 aliphatic rings. The Labute approximate surface area is 108 Å². The fraction of sp³-hybridized carbons (Fsp3) is 0.615. The number of amides is 1. The van der Waals surface area contributed by atoms with Gasteiger partial charge in [-0.3, -0.25) is 4.79 Å². The van der Waals surface area contributed by atoms with Crippen molar-refractivity contribution >= 4 is 17.2 Å². The van der Waals surface area contributed by atoms with Crippen molar-refractivity contribution < 1.29 is 4.79 Å². The highest BCUT2D eigenvalue weighted by Gasteiger charge is 2.16. The zero-order chi connectivity index (χ0) is 13.1. The number of nitrogens with one attached hydrogen (secondary N) is 2. The minimum atomic E-state index is -0.153. The molecule has 1 atom stereocenters. The molecule has 0 bridgehead atoms. The van der Waals surface area contributed by atoms with Crippen LogP contribution in [0.3, 0.4) is 0 Å². The normalized spacial score (nSPS) is 13.5. The van der Waals surface area contributed by atoms with Gasteiger partial charge >= 0.3 is 0 Å². The number of thiophene rings is 1. The highest BCUT2D eigenvalue weighted by Crippen LogP contribution is 2.29. The molecule has 0 aliphatic heterocycles. The first-order valence-electron chi connectivity index (χ1n) is 5.88. The Morgan fingerprint density at radius 2 is 2.06 bits per heavy atom. The molecule has 1 aromatic rings. The van der Waals surface area contributed by atoms with E-state index in [4.69, 9.17) is 0 Å². The molecule has 0 radical (unpaired) electrons. The molecule has 17 heavy (non-hydrogen) atoms. The van der Waals surface area contributed by atoms with Crippen LogP contribution in [0, 0.1) is 0 Å². The van der Waals surface area contributed by atoms with Crippen molar-refractivity contribution in [2.45, 2.75) is 45.7 Å². The lowest BCUT2D eigenvalue weighted by molar-refractivity contribution is -0.122. The minimum absolute atomic E-state index is 0.0256. The lowest BCUT2D eigenvalue weighted by Crippen LogP contribution is -2.40. The second kappa shape index (κ2) is 5.65. The first-order valence-corrected chi connectivity index (χ1v) is 6.70. The van der Waals surface area contributed by atoms with Gasteiger partial charge in [-0.2, -0.15) is 0 Å². The molecule has 3 nitrogen and oxygen atoms in total. The third-order valence-electron chi connectivity index (χ3n) is 2.62. The summed E-state index contributed by atoms with van der Waals surface area (Å²) < 4.78 is 0. The van der Waals surface area contributed by atoms with Crippen molar-refractivity contribution in [3.63, 3.8) is 0 Å². The van der Waals surface area contributed by atoms with E-state index in [1.807, 2.05) is 6.92 Å². The van der Waals surface area contributed by atoms with E-state index in [0.717, 1.165) is 6.54 Å². The smallest absolute Gasteiger partial charge is 0.236 e. The Kier molecular flexibility index (Phi) is 4.71. The van der Waals surface area contributed by atoms with E-state index in [1.54, 1.807) is 18.4 Å². The van der Waals surface area contributed by atoms with E-state index >= 15 is 0 Å². The molecule has 0 saturated heterocycles. The summed E-state index contributed by atoms with van der Waals surface area (Å²) in [5, 5.41) is 5.85. The molecule has 0 saturated carbocycles. The molecule has 0 aliphatic carbocycles. The van der Waals surface area contributed by atoms with Crippen LogP contribution in [0.2, 0.25) is 0 Å². The molecule has 1 aromatic heterocycles. The predicted molar refractivity (Wildman–Crippen MR) is 73.4 cm³/mol. The van der Waals surface area contributed by atoms with Gasteiger partial charge in [0.1, 0.15) is 0 Å². The number of rotatable bonds is 4. The third kappa shape index (κ3) is 4.13. The third-order valence-corrected chi connectivity index (χ3v) is 4.13. The summed E-state index contributed by atoms with van der Waals surface area (Å²) in [6, 6.07) is 4.15. The average molecular weight is 254 g/mol. The van der Waals surface area contributed by atoms with Crippen molar-refractivity contribution in [3.05, 3.63) is 21.9 Å². The fourth-order valence-electron chi connectivity index (χ4n) is 1.44. The highest BCUT2D eigenvalue weighted by molar-refractivity contribution is 7.12. The van der Waals surface area contributed by atoms with Crippen LogP contribution < -0.4 is 10.6 Å². The maximum atomic E-state index is 11.3. The molecule has 0 spiro atoms. The standard InChI is InChI=1S/C13H22N2OS/c1-9(12(16)14-5)15-8-10-6-7-11(17-10)13(2,3)4/h6-7,9,15H,8H2,1-5H3,(H,14,16). The Bertz CT molecular complexity index is 379. The quantitative estimate of drug-likeness (QED) is 0.865. The molecule has 1 amide bonds. The number of hydrogen-bond acceptors (Lipinski definition) is 3. The summed E-state index contributed by atoms with van der Waals surface area (Å²) in [5.41, 5.74) is 0.204. The molecule has 96 valence electrons. The SMILES string of the molecule is CNC(=O)C(C)NCc1ccc(C(C)(C)C)s1. The van der Waals surface area contributed by atoms with Crippen molar-refractivity contribution in [2.75, 3.05) is 7.05 Å². The van der Waals surface area contributed by atoms with Gasteiger partial charge in [0, 0.05) is 23.3 Å². The van der Waals surface area contributed by atoms with Gasteiger partial charge in [0.05, 0.1) is 6.04 Å². The maximum absolute atomic E-state index is 11.3. The molecule has 1 rings (SSSR count). The van der Waals surface area contributed by atoms with E-state index in [2.05, 4.69) is 43.5 Å². The van der Waals surface area contributed by atoms with Crippen LogP contribution in [-0.4, -0.2) is 19.0 Å². The van der Waals surface area contributed by atoms with Crippen molar-refractivity contribution in [3.8, 4) is 0 Å². The van der Waals surface area contributed by atoms with E-state index in [0.29, 0.717) is 0 Å². The predicted octanol–water partition coefficient (Wildman–Crippen LogP) is 2.27. The molecular weight excluding hydrogens is 232 g/mol. The molecule has 2 N–H and O–H groups in total. The molecule has 1 unspecified atom stereocenters. The van der Waals surface area contributed by atoms with Crippen molar-refractivity contribution in [1.29, 1.82) is 0 Å². The zero-order valence-electron chi connectivity index (χ0n) is 11.3. The first-order chi connectivity index (χ1) is 7.84. The zero-order valence-corrected chi connectivity index (χ0v) is 12.1. The Morgan fingerprint density at radius 1 is 1.41 bits per heavy atom. The summed E-state index contributed by atoms with van der Waals surface area (Å²) in [4.78, 5) is 14.0. The Hall–Kier alpha value is -0.870. The van der Waals surface area contributed by atoms with E-state index in [1.165, 1.54) is 9.75 Å². The topological polar surface area (TPSA) is 41.1 Å². The summed E-state index contributed by atoms with van der Waals surface area (Å²) in [6.07, 6.45) is 0. The molecule has 0 fully saturated rings. The Morgan fingerprint density at radius 3 is 2.53 bits per heavy atom. The van der Waals surface area contributed by atoms with Crippen molar-refractivity contribution in [1.82, 2.24) is 10.6 Å². The number of hydrogen-bond donors (Lipinski definition) is 2. The summed E-state index contributed by atoms with van der Waals surface area (Å²) in [6.45, 7) is 9.25. The van der Waals surface area contributed by atoms with Gasteiger partial charge in [-0.25, -0.2) is 0 Å². The average Bonchev–Trinajstić information content (AvgIpc) is 2.72. The van der Waals surface area contributed by atoms with Crippen LogP contribution in [0.15, 0.2) is 12.1 Å².